The van der Waals surface area contributed by atoms with Crippen molar-refractivity contribution in [2.24, 2.45) is 11.7 Å². The monoisotopic (exact) mass is 363 g/mol. The van der Waals surface area contributed by atoms with Gasteiger partial charge in [-0.25, -0.2) is 4.21 Å². The second-order valence-corrected chi connectivity index (χ2v) is 7.04. The number of amides is 1. The van der Waals surface area contributed by atoms with Crippen LogP contribution in [0, 0.1) is 18.0 Å². The number of carbonyl (C=O) groups excluding carboxylic acids is 1. The van der Waals surface area contributed by atoms with Gasteiger partial charge >= 0.3 is 0 Å². The molecule has 3 rings (SSSR count). The molecule has 3 unspecified atom stereocenters. The van der Waals surface area contributed by atoms with Crippen LogP contribution < -0.4 is 5.73 Å². The minimum absolute atomic E-state index is 0.0802. The Bertz CT molecular complexity index is 909. The minimum Gasteiger partial charge on any atom is -0.618 e. The van der Waals surface area contributed by atoms with Crippen LogP contribution in [0.4, 0.5) is 0 Å². The molecule has 1 aliphatic carbocycles. The first-order valence-corrected chi connectivity index (χ1v) is 8.61. The number of primary amides is 1. The highest BCUT2D eigenvalue weighted by Crippen LogP contribution is 2.42. The maximum Gasteiger partial charge on any atom is 0.248 e. The lowest BCUT2D eigenvalue weighted by molar-refractivity contribution is -0.405. The molecule has 1 aromatic heterocycles. The molecule has 3 atom stereocenters. The lowest BCUT2D eigenvalue weighted by Crippen LogP contribution is -2.29. The quantitative estimate of drug-likeness (QED) is 0.319. The number of hydrogen-bond acceptors (Lipinski definition) is 4. The topological polar surface area (TPSA) is 132 Å². The van der Waals surface area contributed by atoms with Crippen molar-refractivity contribution in [2.75, 3.05) is 0 Å². The number of rotatable bonds is 3. The normalized spacial score (nSPS) is 23.4. The number of aromatic nitrogens is 1. The zero-order valence-electron chi connectivity index (χ0n) is 13.4. The van der Waals surface area contributed by atoms with Crippen LogP contribution in [-0.4, -0.2) is 35.3 Å². The van der Waals surface area contributed by atoms with E-state index in [4.69, 9.17) is 5.73 Å². The van der Waals surface area contributed by atoms with Crippen LogP contribution in [0.2, 0.25) is 0 Å². The molecule has 8 nitrogen and oxygen atoms in total. The molecule has 1 aromatic rings. The predicted molar refractivity (Wildman–Crippen MR) is 92.0 cm³/mol. The Kier molecular flexibility index (Phi) is 4.13. The maximum atomic E-state index is 12.5. The van der Waals surface area contributed by atoms with Gasteiger partial charge in [-0.05, 0) is 25.0 Å². The lowest BCUT2D eigenvalue weighted by atomic mass is 9.87. The number of aryl methyl sites for hydroxylation is 1. The Balaban J connectivity index is 2.18. The van der Waals surface area contributed by atoms with Gasteiger partial charge in [0.25, 0.3) is 0 Å². The number of aromatic hydroxyl groups is 1. The number of nitrogens with two attached hydrogens (primary N) is 1. The van der Waals surface area contributed by atoms with E-state index >= 15 is 0 Å². The summed E-state index contributed by atoms with van der Waals surface area (Å²) in [6.45, 7) is 5.26. The van der Waals surface area contributed by atoms with E-state index in [2.05, 4.69) is 6.58 Å². The van der Waals surface area contributed by atoms with Gasteiger partial charge in [0.05, 0.1) is 5.92 Å². The summed E-state index contributed by atoms with van der Waals surface area (Å²) in [7, 11) is 0. The number of nitrogens with zero attached hydrogens (tertiary/aromatic N) is 2. The summed E-state index contributed by atoms with van der Waals surface area (Å²) in [6.07, 6.45) is 4.41. The van der Waals surface area contributed by atoms with Crippen LogP contribution in [-0.2, 0) is 15.9 Å². The molecule has 9 heteroatoms. The van der Waals surface area contributed by atoms with Crippen LogP contribution >= 0.6 is 0 Å². The molecule has 0 aromatic carbocycles. The Labute approximate surface area is 146 Å². The first-order valence-electron chi connectivity index (χ1n) is 7.44. The van der Waals surface area contributed by atoms with Crippen molar-refractivity contribution in [1.29, 1.82) is 0 Å². The van der Waals surface area contributed by atoms with Crippen molar-refractivity contribution in [3.05, 3.63) is 58.1 Å². The number of hydrogen-bond donors (Lipinski definition) is 3. The Morgan fingerprint density at radius 3 is 2.80 bits per heavy atom. The Hall–Kier alpha value is -2.65. The summed E-state index contributed by atoms with van der Waals surface area (Å²) < 4.78 is 23.9. The lowest BCUT2D eigenvalue weighted by Gasteiger charge is -2.28. The third-order valence-corrected chi connectivity index (χ3v) is 5.45. The summed E-state index contributed by atoms with van der Waals surface area (Å²) in [6, 6.07) is 1.56. The first-order chi connectivity index (χ1) is 11.7. The molecular weight excluding hydrogens is 346 g/mol. The van der Waals surface area contributed by atoms with E-state index in [9.17, 15) is 23.9 Å². The van der Waals surface area contributed by atoms with Crippen LogP contribution in [0.25, 0.3) is 0 Å². The van der Waals surface area contributed by atoms with Crippen LogP contribution in [0.3, 0.4) is 0 Å². The second kappa shape index (κ2) is 6.01. The molecular formula is C16H17N3O5S. The molecule has 1 amide bonds. The molecule has 1 aliphatic heterocycles. The summed E-state index contributed by atoms with van der Waals surface area (Å²) in [5.74, 6) is -1.63. The fraction of sp³-hybridized carbons (Fsp3) is 0.250. The van der Waals surface area contributed by atoms with E-state index in [1.807, 2.05) is 0 Å². The highest BCUT2D eigenvalue weighted by molar-refractivity contribution is 7.79. The predicted octanol–water partition coefficient (Wildman–Crippen LogP) is 1.04. The second-order valence-electron chi connectivity index (χ2n) is 6.00. The maximum absolute atomic E-state index is 12.5. The van der Waals surface area contributed by atoms with Gasteiger partial charge in [0.15, 0.2) is 28.0 Å². The number of hydroxylamine groups is 1. The molecule has 0 bridgehead atoms. The molecule has 2 aliphatic rings. The van der Waals surface area contributed by atoms with E-state index in [-0.39, 0.29) is 23.6 Å². The average molecular weight is 363 g/mol. The number of allylic oxidation sites excluding steroid dienone is 3. The first kappa shape index (κ1) is 17.2. The van der Waals surface area contributed by atoms with E-state index in [1.54, 1.807) is 19.1 Å². The molecule has 132 valence electrons. The zero-order valence-corrected chi connectivity index (χ0v) is 14.2. The minimum atomic E-state index is -2.39. The van der Waals surface area contributed by atoms with E-state index < -0.39 is 28.3 Å². The third-order valence-electron chi connectivity index (χ3n) is 4.49. The van der Waals surface area contributed by atoms with E-state index in [0.29, 0.717) is 21.6 Å². The summed E-state index contributed by atoms with van der Waals surface area (Å²) in [5, 5.41) is 21.7. The average Bonchev–Trinajstić information content (AvgIpc) is 2.75. The summed E-state index contributed by atoms with van der Waals surface area (Å²) in [4.78, 5) is 11.4. The molecule has 0 saturated heterocycles. The highest BCUT2D eigenvalue weighted by atomic mass is 32.2. The zero-order chi connectivity index (χ0) is 18.5. The molecule has 2 heterocycles. The van der Waals surface area contributed by atoms with Crippen molar-refractivity contribution in [1.82, 2.24) is 4.57 Å². The summed E-state index contributed by atoms with van der Waals surface area (Å²) >= 11 is -2.39. The van der Waals surface area contributed by atoms with Gasteiger partial charge in [-0.2, -0.15) is 4.74 Å². The Morgan fingerprint density at radius 1 is 1.52 bits per heavy atom. The molecule has 0 spiro atoms. The van der Waals surface area contributed by atoms with Crippen LogP contribution in [0.15, 0.2) is 41.6 Å². The van der Waals surface area contributed by atoms with Gasteiger partial charge in [-0.1, -0.05) is 12.7 Å². The standard InChI is InChI=1S/C16H17N3O5S/c1-8-5-11-7-18(22)13-4-3-10(9(2)14(17)20)6-12(13)16(25(23)24)19(11)15(8)21/h3-5,7,12,16,21H,2,6H2,1H3,(H2,17,20)(H,23,24). The third kappa shape index (κ3) is 2.71. The van der Waals surface area contributed by atoms with Crippen molar-refractivity contribution < 1.29 is 23.4 Å². The molecule has 25 heavy (non-hydrogen) atoms. The summed E-state index contributed by atoms with van der Waals surface area (Å²) in [5.41, 5.74) is 6.88. The van der Waals surface area contributed by atoms with Gasteiger partial charge in [0.2, 0.25) is 12.1 Å². The van der Waals surface area contributed by atoms with Gasteiger partial charge in [-0.15, -0.1) is 0 Å². The van der Waals surface area contributed by atoms with Crippen LogP contribution in [0.5, 0.6) is 5.88 Å². The van der Waals surface area contributed by atoms with Crippen LogP contribution in [0.1, 0.15) is 23.1 Å². The van der Waals surface area contributed by atoms with Gasteiger partial charge in [0, 0.05) is 17.2 Å². The van der Waals surface area contributed by atoms with Crippen molar-refractivity contribution in [2.45, 2.75) is 18.7 Å². The SMILES string of the molecule is C=C(C(N)=O)C1=CC=C2C(C1)C(S(=O)O)n1c(cc(C)c1O)C=[N+]2[O-]. The number of fused-ring (bicyclic) bond motifs is 2. The van der Waals surface area contributed by atoms with E-state index in [1.165, 1.54) is 16.9 Å². The highest BCUT2D eigenvalue weighted by Gasteiger charge is 2.42. The van der Waals surface area contributed by atoms with E-state index in [0.717, 1.165) is 0 Å². The fourth-order valence-corrected chi connectivity index (χ4v) is 4.14. The number of carbonyl (C=O) groups is 1. The van der Waals surface area contributed by atoms with Gasteiger partial charge in [-0.3, -0.25) is 9.36 Å². The van der Waals surface area contributed by atoms with Crippen molar-refractivity contribution in [3.8, 4) is 5.88 Å². The van der Waals surface area contributed by atoms with Gasteiger partial charge < -0.3 is 20.6 Å². The smallest absolute Gasteiger partial charge is 0.248 e. The molecule has 4 N–H and O–H groups in total. The van der Waals surface area contributed by atoms with Gasteiger partial charge in [0.1, 0.15) is 5.69 Å². The molecule has 0 fully saturated rings. The molecule has 0 saturated carbocycles. The van der Waals surface area contributed by atoms with Crippen molar-refractivity contribution in [3.63, 3.8) is 0 Å². The largest absolute Gasteiger partial charge is 0.618 e. The Morgan fingerprint density at radius 2 is 2.20 bits per heavy atom. The molecule has 0 radical (unpaired) electrons. The fourth-order valence-electron chi connectivity index (χ4n) is 3.23. The van der Waals surface area contributed by atoms with Crippen molar-refractivity contribution >= 4 is 23.2 Å².